The van der Waals surface area contributed by atoms with E-state index >= 15 is 0 Å². The summed E-state index contributed by atoms with van der Waals surface area (Å²) in [5, 5.41) is 2.85. The number of ether oxygens (including phenoxy) is 2. The summed E-state index contributed by atoms with van der Waals surface area (Å²) in [6, 6.07) is 13.9. The van der Waals surface area contributed by atoms with E-state index in [9.17, 15) is 13.2 Å². The molecular formula is C23H31N3O5S. The SMILES string of the molecule is Cc1cc(S(=O)(=O)NCc2ccccc2)ccc1OCC(=O)NCCCN1CCOCC1. The molecule has 0 aliphatic carbocycles. The van der Waals surface area contributed by atoms with E-state index in [-0.39, 0.29) is 24.0 Å². The Bertz CT molecular complexity index is 976. The number of carbonyl (C=O) groups excluding carboxylic acids is 1. The molecule has 3 rings (SSSR count). The normalized spacial score (nSPS) is 14.8. The number of nitrogens with one attached hydrogen (secondary N) is 2. The van der Waals surface area contributed by atoms with E-state index in [1.807, 2.05) is 30.3 Å². The Kier molecular flexibility index (Phi) is 9.04. The Hall–Kier alpha value is -2.46. The second-order valence-corrected chi connectivity index (χ2v) is 9.45. The minimum absolute atomic E-state index is 0.114. The standard InChI is InChI=1S/C23H31N3O5S/c1-19-16-21(32(28,29)25-17-20-6-3-2-4-7-20)8-9-22(19)31-18-23(27)24-10-5-11-26-12-14-30-15-13-26/h2-4,6-9,16,25H,5,10-15,17-18H2,1H3,(H,24,27). The number of aryl methyl sites for hydroxylation is 1. The Morgan fingerprint density at radius 1 is 1.12 bits per heavy atom. The topological polar surface area (TPSA) is 97.0 Å². The minimum Gasteiger partial charge on any atom is -0.484 e. The van der Waals surface area contributed by atoms with Gasteiger partial charge in [0.25, 0.3) is 5.91 Å². The maximum atomic E-state index is 12.6. The van der Waals surface area contributed by atoms with Crippen LogP contribution in [0.5, 0.6) is 5.75 Å². The Morgan fingerprint density at radius 2 is 1.88 bits per heavy atom. The zero-order chi connectivity index (χ0) is 22.8. The molecule has 2 N–H and O–H groups in total. The molecule has 174 valence electrons. The number of hydrogen-bond donors (Lipinski definition) is 2. The van der Waals surface area contributed by atoms with Gasteiger partial charge in [-0.2, -0.15) is 0 Å². The average molecular weight is 462 g/mol. The molecule has 1 aliphatic heterocycles. The molecule has 0 spiro atoms. The van der Waals surface area contributed by atoms with Gasteiger partial charge in [-0.15, -0.1) is 0 Å². The van der Waals surface area contributed by atoms with Gasteiger partial charge in [0.1, 0.15) is 5.75 Å². The number of hydrogen-bond acceptors (Lipinski definition) is 6. The highest BCUT2D eigenvalue weighted by molar-refractivity contribution is 7.89. The second kappa shape index (κ2) is 12.0. The fourth-order valence-electron chi connectivity index (χ4n) is 3.36. The van der Waals surface area contributed by atoms with E-state index in [1.54, 1.807) is 19.1 Å². The highest BCUT2D eigenvalue weighted by Crippen LogP contribution is 2.22. The van der Waals surface area contributed by atoms with Crippen molar-refractivity contribution in [3.05, 3.63) is 59.7 Å². The monoisotopic (exact) mass is 461 g/mol. The van der Waals surface area contributed by atoms with E-state index < -0.39 is 10.0 Å². The number of rotatable bonds is 11. The molecule has 32 heavy (non-hydrogen) atoms. The first-order valence-electron chi connectivity index (χ1n) is 10.8. The quantitative estimate of drug-likeness (QED) is 0.495. The third kappa shape index (κ3) is 7.59. The van der Waals surface area contributed by atoms with Crippen LogP contribution in [0.3, 0.4) is 0 Å². The summed E-state index contributed by atoms with van der Waals surface area (Å²) in [7, 11) is -3.65. The average Bonchev–Trinajstić information content (AvgIpc) is 2.81. The Balaban J connectivity index is 1.42. The molecule has 0 saturated carbocycles. The zero-order valence-corrected chi connectivity index (χ0v) is 19.2. The molecule has 9 heteroatoms. The molecule has 0 unspecified atom stereocenters. The van der Waals surface area contributed by atoms with Crippen molar-refractivity contribution in [3.8, 4) is 5.75 Å². The van der Waals surface area contributed by atoms with Gasteiger partial charge >= 0.3 is 0 Å². The summed E-state index contributed by atoms with van der Waals surface area (Å²) >= 11 is 0. The van der Waals surface area contributed by atoms with Crippen LogP contribution < -0.4 is 14.8 Å². The molecule has 0 radical (unpaired) electrons. The molecule has 0 aromatic heterocycles. The highest BCUT2D eigenvalue weighted by atomic mass is 32.2. The molecule has 2 aromatic rings. The summed E-state index contributed by atoms with van der Waals surface area (Å²) < 4.78 is 38.6. The zero-order valence-electron chi connectivity index (χ0n) is 18.4. The van der Waals surface area contributed by atoms with Crippen molar-refractivity contribution in [2.24, 2.45) is 0 Å². The number of nitrogens with zero attached hydrogens (tertiary/aromatic N) is 1. The molecule has 1 fully saturated rings. The Labute approximate surface area is 190 Å². The van der Waals surface area contributed by atoms with Crippen LogP contribution in [-0.4, -0.2) is 65.2 Å². The van der Waals surface area contributed by atoms with E-state index in [1.165, 1.54) is 6.07 Å². The van der Waals surface area contributed by atoms with Crippen molar-refractivity contribution >= 4 is 15.9 Å². The minimum atomic E-state index is -3.65. The number of benzene rings is 2. The lowest BCUT2D eigenvalue weighted by Gasteiger charge is -2.26. The number of amides is 1. The first-order chi connectivity index (χ1) is 15.4. The third-order valence-corrected chi connectivity index (χ3v) is 6.60. The maximum Gasteiger partial charge on any atom is 0.257 e. The fraction of sp³-hybridized carbons (Fsp3) is 0.435. The van der Waals surface area contributed by atoms with Crippen LogP contribution >= 0.6 is 0 Å². The first kappa shape index (κ1) is 24.2. The van der Waals surface area contributed by atoms with E-state index in [0.29, 0.717) is 17.9 Å². The predicted octanol–water partition coefficient (Wildman–Crippen LogP) is 1.69. The predicted molar refractivity (Wildman–Crippen MR) is 122 cm³/mol. The molecule has 1 heterocycles. The molecule has 8 nitrogen and oxygen atoms in total. The van der Waals surface area contributed by atoms with Crippen LogP contribution in [0.4, 0.5) is 0 Å². The van der Waals surface area contributed by atoms with Crippen molar-refractivity contribution in [2.75, 3.05) is 46.0 Å². The number of sulfonamides is 1. The van der Waals surface area contributed by atoms with Crippen molar-refractivity contribution in [3.63, 3.8) is 0 Å². The van der Waals surface area contributed by atoms with Gasteiger partial charge in [-0.25, -0.2) is 13.1 Å². The summed E-state index contributed by atoms with van der Waals surface area (Å²) in [5.74, 6) is 0.281. The van der Waals surface area contributed by atoms with Gasteiger partial charge in [0, 0.05) is 26.2 Å². The molecule has 1 amide bonds. The molecule has 1 saturated heterocycles. The molecule has 2 aromatic carbocycles. The summed E-state index contributed by atoms with van der Waals surface area (Å²) in [6.07, 6.45) is 0.868. The third-order valence-electron chi connectivity index (χ3n) is 5.20. The largest absolute Gasteiger partial charge is 0.484 e. The molecule has 0 bridgehead atoms. The summed E-state index contributed by atoms with van der Waals surface area (Å²) in [4.78, 5) is 14.5. The number of morpholine rings is 1. The lowest BCUT2D eigenvalue weighted by molar-refractivity contribution is -0.123. The van der Waals surface area contributed by atoms with Crippen molar-refractivity contribution in [1.82, 2.24) is 14.9 Å². The van der Waals surface area contributed by atoms with E-state index in [2.05, 4.69) is 14.9 Å². The van der Waals surface area contributed by atoms with Crippen LogP contribution in [0.1, 0.15) is 17.5 Å². The lowest BCUT2D eigenvalue weighted by Crippen LogP contribution is -2.38. The van der Waals surface area contributed by atoms with Gasteiger partial charge in [0.15, 0.2) is 6.61 Å². The lowest BCUT2D eigenvalue weighted by atomic mass is 10.2. The summed E-state index contributed by atoms with van der Waals surface area (Å²) in [5.41, 5.74) is 1.52. The van der Waals surface area contributed by atoms with Gasteiger partial charge in [-0.3, -0.25) is 9.69 Å². The van der Waals surface area contributed by atoms with Gasteiger partial charge < -0.3 is 14.8 Å². The Morgan fingerprint density at radius 3 is 2.59 bits per heavy atom. The molecular weight excluding hydrogens is 430 g/mol. The van der Waals surface area contributed by atoms with Crippen LogP contribution in [0, 0.1) is 6.92 Å². The van der Waals surface area contributed by atoms with E-state index in [0.717, 1.165) is 44.8 Å². The first-order valence-corrected chi connectivity index (χ1v) is 12.3. The van der Waals surface area contributed by atoms with Crippen LogP contribution in [0.25, 0.3) is 0 Å². The highest BCUT2D eigenvalue weighted by Gasteiger charge is 2.16. The van der Waals surface area contributed by atoms with E-state index in [4.69, 9.17) is 9.47 Å². The van der Waals surface area contributed by atoms with Crippen LogP contribution in [0.2, 0.25) is 0 Å². The van der Waals surface area contributed by atoms with Crippen molar-refractivity contribution < 1.29 is 22.7 Å². The smallest absolute Gasteiger partial charge is 0.257 e. The number of carbonyl (C=O) groups is 1. The van der Waals surface area contributed by atoms with Gasteiger partial charge in [0.2, 0.25) is 10.0 Å². The van der Waals surface area contributed by atoms with Crippen LogP contribution in [-0.2, 0) is 26.1 Å². The second-order valence-electron chi connectivity index (χ2n) is 7.68. The fourth-order valence-corrected chi connectivity index (χ4v) is 4.46. The van der Waals surface area contributed by atoms with Crippen LogP contribution in [0.15, 0.2) is 53.4 Å². The van der Waals surface area contributed by atoms with Gasteiger partial charge in [-0.05, 0) is 49.2 Å². The van der Waals surface area contributed by atoms with Crippen molar-refractivity contribution in [1.29, 1.82) is 0 Å². The summed E-state index contributed by atoms with van der Waals surface area (Å²) in [6.45, 7) is 6.77. The van der Waals surface area contributed by atoms with Gasteiger partial charge in [-0.1, -0.05) is 30.3 Å². The molecule has 0 atom stereocenters. The maximum absolute atomic E-state index is 12.6. The van der Waals surface area contributed by atoms with Crippen molar-refractivity contribution in [2.45, 2.75) is 24.8 Å². The van der Waals surface area contributed by atoms with Gasteiger partial charge in [0.05, 0.1) is 18.1 Å². The molecule has 1 aliphatic rings.